The highest BCUT2D eigenvalue weighted by molar-refractivity contribution is 5.94. The normalized spacial score (nSPS) is 14.3. The van der Waals surface area contributed by atoms with Gasteiger partial charge in [0.2, 0.25) is 0 Å². The number of carbonyl (C=O) groups is 2. The van der Waals surface area contributed by atoms with Gasteiger partial charge in [0.15, 0.2) is 12.3 Å². The number of benzene rings is 1. The summed E-state index contributed by atoms with van der Waals surface area (Å²) >= 11 is 0. The number of fused-ring (bicyclic) bond motifs is 2. The van der Waals surface area contributed by atoms with E-state index in [0.717, 1.165) is 23.8 Å². The summed E-state index contributed by atoms with van der Waals surface area (Å²) in [5.74, 6) is -0.913. The van der Waals surface area contributed by atoms with Crippen LogP contribution in [0.3, 0.4) is 0 Å². The molecule has 1 atom stereocenters. The number of nitrogens with one attached hydrogen (secondary N) is 1. The lowest BCUT2D eigenvalue weighted by atomic mass is 9.89. The molecule has 1 aliphatic carbocycles. The second-order valence-electron chi connectivity index (χ2n) is 8.42. The van der Waals surface area contributed by atoms with Gasteiger partial charge in [-0.15, -0.1) is 0 Å². The maximum absolute atomic E-state index is 12.4. The molecule has 0 radical (unpaired) electrons. The number of nitrogens with zero attached hydrogens (tertiary/aromatic N) is 3. The first-order valence-electron chi connectivity index (χ1n) is 10.8. The lowest BCUT2D eigenvalue weighted by Gasteiger charge is -2.20. The zero-order valence-corrected chi connectivity index (χ0v) is 18.2. The van der Waals surface area contributed by atoms with Crippen molar-refractivity contribution in [2.75, 3.05) is 6.61 Å². The second kappa shape index (κ2) is 8.88. The van der Waals surface area contributed by atoms with E-state index in [1.165, 1.54) is 30.2 Å². The number of pyridine rings is 1. The molecular weight excluding hydrogens is 392 g/mol. The summed E-state index contributed by atoms with van der Waals surface area (Å²) in [6.45, 7) is 5.63. The second-order valence-corrected chi connectivity index (χ2v) is 8.42. The molecule has 2 aromatic heterocycles. The van der Waals surface area contributed by atoms with E-state index in [1.807, 2.05) is 20.8 Å². The Morgan fingerprint density at radius 2 is 1.87 bits per heavy atom. The minimum atomic E-state index is -0.580. The molecule has 3 aromatic rings. The van der Waals surface area contributed by atoms with Crippen LogP contribution >= 0.6 is 0 Å². The maximum atomic E-state index is 12.4. The van der Waals surface area contributed by atoms with Crippen LogP contribution in [0, 0.1) is 0 Å². The van der Waals surface area contributed by atoms with Gasteiger partial charge >= 0.3 is 5.97 Å². The molecule has 31 heavy (non-hydrogen) atoms. The minimum absolute atomic E-state index is 0.154. The Morgan fingerprint density at radius 1 is 1.10 bits per heavy atom. The number of ether oxygens (including phenoxy) is 1. The van der Waals surface area contributed by atoms with Crippen molar-refractivity contribution in [2.24, 2.45) is 0 Å². The zero-order chi connectivity index (χ0) is 22.0. The Hall–Kier alpha value is -3.22. The van der Waals surface area contributed by atoms with Crippen LogP contribution in [0.5, 0.6) is 0 Å². The predicted molar refractivity (Wildman–Crippen MR) is 118 cm³/mol. The Bertz CT molecular complexity index is 1120. The molecule has 1 amide bonds. The molecule has 0 bridgehead atoms. The number of carbonyl (C=O) groups excluding carboxylic acids is 2. The zero-order valence-electron chi connectivity index (χ0n) is 18.2. The van der Waals surface area contributed by atoms with Crippen LogP contribution in [0.2, 0.25) is 0 Å². The third-order valence-electron chi connectivity index (χ3n) is 5.74. The van der Waals surface area contributed by atoms with Crippen LogP contribution in [0.15, 0.2) is 36.7 Å². The van der Waals surface area contributed by atoms with E-state index in [4.69, 9.17) is 4.74 Å². The highest BCUT2D eigenvalue weighted by atomic mass is 16.5. The van der Waals surface area contributed by atoms with Crippen molar-refractivity contribution in [1.29, 1.82) is 0 Å². The number of hydrogen-bond donors (Lipinski definition) is 1. The SMILES string of the molecule is CC(C)n1ncc2cc(C(=O)OCC(=O)N[C@H](C)c3ccc4c(c3)CCCC4)cnc21. The van der Waals surface area contributed by atoms with Crippen molar-refractivity contribution in [2.45, 2.75) is 58.5 Å². The molecule has 7 heteroatoms. The summed E-state index contributed by atoms with van der Waals surface area (Å²) in [6, 6.07) is 8.12. The van der Waals surface area contributed by atoms with Crippen molar-refractivity contribution >= 4 is 22.9 Å². The van der Waals surface area contributed by atoms with Gasteiger partial charge < -0.3 is 10.1 Å². The summed E-state index contributed by atoms with van der Waals surface area (Å²) in [7, 11) is 0. The van der Waals surface area contributed by atoms with Gasteiger partial charge in [0.1, 0.15) is 0 Å². The van der Waals surface area contributed by atoms with Crippen LogP contribution in [-0.4, -0.2) is 33.2 Å². The molecule has 0 aliphatic heterocycles. The molecule has 1 N–H and O–H groups in total. The first kappa shape index (κ1) is 21.0. The fourth-order valence-corrected chi connectivity index (χ4v) is 4.03. The fourth-order valence-electron chi connectivity index (χ4n) is 4.03. The molecule has 1 aromatic carbocycles. The van der Waals surface area contributed by atoms with E-state index in [1.54, 1.807) is 16.9 Å². The summed E-state index contributed by atoms with van der Waals surface area (Å²) in [6.07, 6.45) is 7.81. The number of aromatic nitrogens is 3. The molecule has 0 saturated carbocycles. The summed E-state index contributed by atoms with van der Waals surface area (Å²) < 4.78 is 6.99. The van der Waals surface area contributed by atoms with Crippen molar-refractivity contribution in [3.05, 3.63) is 58.9 Å². The van der Waals surface area contributed by atoms with Crippen LogP contribution in [0.1, 0.15) is 72.7 Å². The van der Waals surface area contributed by atoms with Crippen LogP contribution in [-0.2, 0) is 22.4 Å². The molecule has 0 spiro atoms. The lowest BCUT2D eigenvalue weighted by Crippen LogP contribution is -2.31. The van der Waals surface area contributed by atoms with Gasteiger partial charge in [-0.1, -0.05) is 18.2 Å². The van der Waals surface area contributed by atoms with E-state index in [0.29, 0.717) is 11.2 Å². The monoisotopic (exact) mass is 420 g/mol. The Morgan fingerprint density at radius 3 is 2.65 bits per heavy atom. The van der Waals surface area contributed by atoms with Gasteiger partial charge in [-0.3, -0.25) is 4.79 Å². The number of rotatable bonds is 6. The van der Waals surface area contributed by atoms with Crippen molar-refractivity contribution in [3.63, 3.8) is 0 Å². The Kier molecular flexibility index (Phi) is 6.02. The van der Waals surface area contributed by atoms with Gasteiger partial charge in [-0.25, -0.2) is 14.5 Å². The minimum Gasteiger partial charge on any atom is -0.452 e. The summed E-state index contributed by atoms with van der Waals surface area (Å²) in [5, 5.41) is 7.96. The number of aryl methyl sites for hydroxylation is 2. The Balaban J connectivity index is 1.34. The highest BCUT2D eigenvalue weighted by Crippen LogP contribution is 2.24. The quantitative estimate of drug-likeness (QED) is 0.611. The van der Waals surface area contributed by atoms with E-state index < -0.39 is 5.97 Å². The maximum Gasteiger partial charge on any atom is 0.340 e. The Labute approximate surface area is 181 Å². The van der Waals surface area contributed by atoms with Crippen LogP contribution in [0.4, 0.5) is 0 Å². The first-order valence-corrected chi connectivity index (χ1v) is 10.8. The molecule has 162 valence electrons. The third kappa shape index (κ3) is 4.60. The largest absolute Gasteiger partial charge is 0.452 e. The van der Waals surface area contributed by atoms with Crippen LogP contribution < -0.4 is 5.32 Å². The van der Waals surface area contributed by atoms with Crippen molar-refractivity contribution in [3.8, 4) is 0 Å². The van der Waals surface area contributed by atoms with Gasteiger partial charge in [0.25, 0.3) is 5.91 Å². The molecular formula is C24H28N4O3. The van der Waals surface area contributed by atoms with Crippen LogP contribution in [0.25, 0.3) is 11.0 Å². The van der Waals surface area contributed by atoms with Gasteiger partial charge in [-0.05, 0) is 69.2 Å². The topological polar surface area (TPSA) is 86.1 Å². The number of esters is 1. The molecule has 2 heterocycles. The number of amides is 1. The predicted octanol–water partition coefficient (Wildman–Crippen LogP) is 3.93. The third-order valence-corrected chi connectivity index (χ3v) is 5.74. The number of hydrogen-bond acceptors (Lipinski definition) is 5. The van der Waals surface area contributed by atoms with Gasteiger partial charge in [0, 0.05) is 17.6 Å². The molecule has 4 rings (SSSR count). The molecule has 1 aliphatic rings. The van der Waals surface area contributed by atoms with Crippen molar-refractivity contribution < 1.29 is 14.3 Å². The van der Waals surface area contributed by atoms with Crippen molar-refractivity contribution in [1.82, 2.24) is 20.1 Å². The summed E-state index contributed by atoms with van der Waals surface area (Å²) in [5.41, 5.74) is 4.86. The van der Waals surface area contributed by atoms with Gasteiger partial charge in [0.05, 0.1) is 17.8 Å². The summed E-state index contributed by atoms with van der Waals surface area (Å²) in [4.78, 5) is 29.0. The standard InChI is InChI=1S/C24H28N4O3/c1-15(2)28-23-20(13-26-28)11-21(12-25-23)24(30)31-14-22(29)27-16(3)18-9-8-17-6-4-5-7-19(17)10-18/h8-13,15-16H,4-7,14H2,1-3H3,(H,27,29)/t16-/m1/s1. The molecule has 0 fully saturated rings. The average Bonchev–Trinajstić information content (AvgIpc) is 3.20. The first-order chi connectivity index (χ1) is 14.9. The fraction of sp³-hybridized carbons (Fsp3) is 0.417. The van der Waals surface area contributed by atoms with Gasteiger partial charge in [-0.2, -0.15) is 5.10 Å². The van der Waals surface area contributed by atoms with E-state index in [9.17, 15) is 9.59 Å². The van der Waals surface area contributed by atoms with E-state index in [2.05, 4.69) is 33.6 Å². The molecule has 7 nitrogen and oxygen atoms in total. The van der Waals surface area contributed by atoms with E-state index in [-0.39, 0.29) is 24.6 Å². The highest BCUT2D eigenvalue weighted by Gasteiger charge is 2.17. The van der Waals surface area contributed by atoms with E-state index >= 15 is 0 Å². The molecule has 0 unspecified atom stereocenters. The average molecular weight is 421 g/mol. The lowest BCUT2D eigenvalue weighted by molar-refractivity contribution is -0.124. The smallest absolute Gasteiger partial charge is 0.340 e. The molecule has 0 saturated heterocycles.